The van der Waals surface area contributed by atoms with Crippen LogP contribution in [0.5, 0.6) is 5.75 Å². The summed E-state index contributed by atoms with van der Waals surface area (Å²) >= 11 is 0. The SMILES string of the molecule is CC(C)(C)OC(=O)N1C=CC2(CC1)COc1c2ccc2c1COC2=O. The maximum atomic E-state index is 12.2. The fraction of sp³-hybridized carbons (Fsp3) is 0.474. The number of hydrogen-bond donors (Lipinski definition) is 0. The lowest BCUT2D eigenvalue weighted by atomic mass is 9.77. The molecule has 3 aliphatic rings. The van der Waals surface area contributed by atoms with Crippen molar-refractivity contribution >= 4 is 12.1 Å². The van der Waals surface area contributed by atoms with Gasteiger partial charge in [0.1, 0.15) is 24.6 Å². The normalized spacial score (nSPS) is 24.0. The number of ether oxygens (including phenoxy) is 3. The Balaban J connectivity index is 1.60. The van der Waals surface area contributed by atoms with Gasteiger partial charge in [0, 0.05) is 23.9 Å². The van der Waals surface area contributed by atoms with Gasteiger partial charge in [-0.05, 0) is 33.3 Å². The molecule has 0 bridgehead atoms. The molecule has 1 amide bonds. The Bertz CT molecular complexity index is 792. The molecule has 1 spiro atoms. The zero-order chi connectivity index (χ0) is 17.8. The first-order valence-electron chi connectivity index (χ1n) is 8.44. The summed E-state index contributed by atoms with van der Waals surface area (Å²) in [6.45, 7) is 6.88. The van der Waals surface area contributed by atoms with Crippen LogP contribution >= 0.6 is 0 Å². The van der Waals surface area contributed by atoms with Crippen LogP contribution < -0.4 is 4.74 Å². The van der Waals surface area contributed by atoms with E-state index in [1.165, 1.54) is 0 Å². The maximum absolute atomic E-state index is 12.2. The molecule has 1 atom stereocenters. The van der Waals surface area contributed by atoms with Crippen LogP contribution in [-0.4, -0.2) is 35.7 Å². The van der Waals surface area contributed by atoms with Crippen LogP contribution in [0.2, 0.25) is 0 Å². The van der Waals surface area contributed by atoms with Gasteiger partial charge in [-0.25, -0.2) is 9.59 Å². The highest BCUT2D eigenvalue weighted by molar-refractivity contribution is 5.94. The van der Waals surface area contributed by atoms with Gasteiger partial charge < -0.3 is 14.2 Å². The van der Waals surface area contributed by atoms with E-state index in [0.717, 1.165) is 23.3 Å². The van der Waals surface area contributed by atoms with E-state index in [4.69, 9.17) is 14.2 Å². The van der Waals surface area contributed by atoms with E-state index in [9.17, 15) is 9.59 Å². The topological polar surface area (TPSA) is 65.1 Å². The van der Waals surface area contributed by atoms with Gasteiger partial charge in [0.15, 0.2) is 0 Å². The number of fused-ring (bicyclic) bond motifs is 4. The number of rotatable bonds is 0. The molecule has 0 saturated carbocycles. The van der Waals surface area contributed by atoms with E-state index in [2.05, 4.69) is 0 Å². The van der Waals surface area contributed by atoms with E-state index >= 15 is 0 Å². The van der Waals surface area contributed by atoms with Crippen molar-refractivity contribution in [2.24, 2.45) is 0 Å². The first-order valence-corrected chi connectivity index (χ1v) is 8.44. The lowest BCUT2D eigenvalue weighted by Gasteiger charge is -2.33. The molecule has 0 fully saturated rings. The lowest BCUT2D eigenvalue weighted by Crippen LogP contribution is -2.41. The van der Waals surface area contributed by atoms with Crippen molar-refractivity contribution in [3.05, 3.63) is 41.1 Å². The van der Waals surface area contributed by atoms with Crippen LogP contribution in [-0.2, 0) is 21.5 Å². The number of amides is 1. The highest BCUT2D eigenvalue weighted by Crippen LogP contribution is 2.47. The van der Waals surface area contributed by atoms with Gasteiger partial charge >= 0.3 is 12.1 Å². The Morgan fingerprint density at radius 1 is 1.28 bits per heavy atom. The van der Waals surface area contributed by atoms with E-state index in [1.54, 1.807) is 11.1 Å². The van der Waals surface area contributed by atoms with Crippen molar-refractivity contribution in [3.63, 3.8) is 0 Å². The van der Waals surface area contributed by atoms with Crippen LogP contribution in [0.1, 0.15) is 48.7 Å². The predicted octanol–water partition coefficient (Wildman–Crippen LogP) is 3.14. The van der Waals surface area contributed by atoms with Crippen LogP contribution in [0.3, 0.4) is 0 Å². The minimum absolute atomic E-state index is 0.265. The van der Waals surface area contributed by atoms with Crippen molar-refractivity contribution in [2.75, 3.05) is 13.2 Å². The second-order valence-corrected chi connectivity index (χ2v) is 7.73. The zero-order valence-corrected chi connectivity index (χ0v) is 14.6. The van der Waals surface area contributed by atoms with E-state index < -0.39 is 5.60 Å². The van der Waals surface area contributed by atoms with Gasteiger partial charge in [0.2, 0.25) is 0 Å². The summed E-state index contributed by atoms with van der Waals surface area (Å²) in [5.41, 5.74) is 1.70. The molecular formula is C19H21NO5. The highest BCUT2D eigenvalue weighted by atomic mass is 16.6. The van der Waals surface area contributed by atoms with Crippen molar-refractivity contribution in [1.29, 1.82) is 0 Å². The third-order valence-corrected chi connectivity index (χ3v) is 4.84. The number of carbonyl (C=O) groups excluding carboxylic acids is 2. The van der Waals surface area contributed by atoms with Crippen molar-refractivity contribution in [2.45, 2.75) is 44.8 Å². The van der Waals surface area contributed by atoms with Crippen molar-refractivity contribution < 1.29 is 23.8 Å². The fourth-order valence-corrected chi connectivity index (χ4v) is 3.54. The molecule has 3 aliphatic heterocycles. The summed E-state index contributed by atoms with van der Waals surface area (Å²) in [7, 11) is 0. The Kier molecular flexibility index (Phi) is 3.36. The molecule has 6 nitrogen and oxygen atoms in total. The molecular weight excluding hydrogens is 322 g/mol. The van der Waals surface area contributed by atoms with Gasteiger partial charge in [-0.2, -0.15) is 0 Å². The van der Waals surface area contributed by atoms with Crippen LogP contribution in [0.4, 0.5) is 4.79 Å². The molecule has 1 unspecified atom stereocenters. The molecule has 25 heavy (non-hydrogen) atoms. The first-order chi connectivity index (χ1) is 11.8. The molecule has 0 radical (unpaired) electrons. The number of benzene rings is 1. The molecule has 0 aliphatic carbocycles. The number of cyclic esters (lactones) is 1. The Morgan fingerprint density at radius 2 is 2.08 bits per heavy atom. The molecule has 0 aromatic heterocycles. The summed E-state index contributed by atoms with van der Waals surface area (Å²) in [5, 5.41) is 0. The van der Waals surface area contributed by atoms with Crippen LogP contribution in [0.25, 0.3) is 0 Å². The predicted molar refractivity (Wildman–Crippen MR) is 89.4 cm³/mol. The Morgan fingerprint density at radius 3 is 2.76 bits per heavy atom. The number of hydrogen-bond acceptors (Lipinski definition) is 5. The Labute approximate surface area is 146 Å². The molecule has 132 valence electrons. The molecule has 0 N–H and O–H groups in total. The van der Waals surface area contributed by atoms with Crippen molar-refractivity contribution in [1.82, 2.24) is 4.90 Å². The quantitative estimate of drug-likeness (QED) is 0.677. The molecule has 0 saturated heterocycles. The molecule has 3 heterocycles. The summed E-state index contributed by atoms with van der Waals surface area (Å²) in [6.07, 6.45) is 4.19. The summed E-state index contributed by atoms with van der Waals surface area (Å²) in [6, 6.07) is 3.76. The third kappa shape index (κ3) is 2.56. The van der Waals surface area contributed by atoms with E-state index in [-0.39, 0.29) is 24.1 Å². The molecule has 4 rings (SSSR count). The smallest absolute Gasteiger partial charge is 0.414 e. The zero-order valence-electron chi connectivity index (χ0n) is 14.6. The van der Waals surface area contributed by atoms with E-state index in [0.29, 0.717) is 18.7 Å². The fourth-order valence-electron chi connectivity index (χ4n) is 3.54. The number of nitrogens with zero attached hydrogens (tertiary/aromatic N) is 1. The third-order valence-electron chi connectivity index (χ3n) is 4.84. The summed E-state index contributed by atoms with van der Waals surface area (Å²) < 4.78 is 16.5. The standard InChI is InChI=1S/C19H21NO5/c1-18(2,3)25-17(22)20-8-6-19(7-9-20)11-24-15-13-10-23-16(21)12(13)4-5-14(15)19/h4-6,8H,7,9-11H2,1-3H3. The Hall–Kier alpha value is -2.50. The molecule has 1 aromatic carbocycles. The number of carbonyl (C=O) groups is 2. The largest absolute Gasteiger partial charge is 0.492 e. The first kappa shape index (κ1) is 16.0. The highest BCUT2D eigenvalue weighted by Gasteiger charge is 2.44. The number of esters is 1. The van der Waals surface area contributed by atoms with Crippen molar-refractivity contribution in [3.8, 4) is 5.75 Å². The summed E-state index contributed by atoms with van der Waals surface area (Å²) in [4.78, 5) is 25.5. The van der Waals surface area contributed by atoms with Gasteiger partial charge in [0.25, 0.3) is 0 Å². The average Bonchev–Trinajstić information content (AvgIpc) is 3.09. The minimum Gasteiger partial charge on any atom is -0.492 e. The van der Waals surface area contributed by atoms with Gasteiger partial charge in [-0.15, -0.1) is 0 Å². The second-order valence-electron chi connectivity index (χ2n) is 7.73. The molecule has 1 aromatic rings. The van der Waals surface area contributed by atoms with Crippen LogP contribution in [0.15, 0.2) is 24.4 Å². The van der Waals surface area contributed by atoms with Gasteiger partial charge in [0.05, 0.1) is 11.0 Å². The van der Waals surface area contributed by atoms with Crippen LogP contribution in [0, 0.1) is 0 Å². The molecule has 6 heteroatoms. The van der Waals surface area contributed by atoms with Gasteiger partial charge in [-0.3, -0.25) is 4.90 Å². The minimum atomic E-state index is -0.518. The monoisotopic (exact) mass is 343 g/mol. The summed E-state index contributed by atoms with van der Waals surface area (Å²) in [5.74, 6) is 0.469. The maximum Gasteiger partial charge on any atom is 0.414 e. The lowest BCUT2D eigenvalue weighted by molar-refractivity contribution is 0.0311. The van der Waals surface area contributed by atoms with Gasteiger partial charge in [-0.1, -0.05) is 12.1 Å². The van der Waals surface area contributed by atoms with E-state index in [1.807, 2.05) is 39.0 Å². The average molecular weight is 343 g/mol. The second kappa shape index (κ2) is 5.25.